The molecule has 0 unspecified atom stereocenters. The van der Waals surface area contributed by atoms with E-state index in [-0.39, 0.29) is 5.91 Å². The first-order valence-corrected chi connectivity index (χ1v) is 7.30. The predicted molar refractivity (Wildman–Crippen MR) is 79.5 cm³/mol. The summed E-state index contributed by atoms with van der Waals surface area (Å²) in [5.74, 6) is 0.267. The summed E-state index contributed by atoms with van der Waals surface area (Å²) in [6, 6.07) is 8.37. The maximum Gasteiger partial charge on any atom is 0.242 e. The van der Waals surface area contributed by atoms with Crippen molar-refractivity contribution in [3.63, 3.8) is 0 Å². The molecule has 1 aromatic rings. The summed E-state index contributed by atoms with van der Waals surface area (Å²) in [6.07, 6.45) is 3.57. The Kier molecular flexibility index (Phi) is 4.83. The van der Waals surface area contributed by atoms with Gasteiger partial charge in [-0.2, -0.15) is 0 Å². The van der Waals surface area contributed by atoms with E-state index < -0.39 is 0 Å². The number of hydrogen-bond acceptors (Lipinski definition) is 2. The number of carbonyl (C=O) groups excluding carboxylic acids is 1. The Labute approximate surface area is 116 Å². The van der Waals surface area contributed by atoms with Crippen molar-refractivity contribution in [1.29, 1.82) is 0 Å². The van der Waals surface area contributed by atoms with Gasteiger partial charge in [-0.3, -0.25) is 4.79 Å². The van der Waals surface area contributed by atoms with Crippen LogP contribution in [0.15, 0.2) is 24.3 Å². The molecule has 0 radical (unpaired) electrons. The molecule has 19 heavy (non-hydrogen) atoms. The molecule has 1 fully saturated rings. The smallest absolute Gasteiger partial charge is 0.242 e. The van der Waals surface area contributed by atoms with Crippen LogP contribution >= 0.6 is 0 Å². The minimum Gasteiger partial charge on any atom is -0.362 e. The largest absolute Gasteiger partial charge is 0.362 e. The number of rotatable bonds is 4. The predicted octanol–water partition coefficient (Wildman–Crippen LogP) is 2.83. The second-order valence-corrected chi connectivity index (χ2v) is 5.29. The number of nitrogens with zero attached hydrogens (tertiary/aromatic N) is 2. The van der Waals surface area contributed by atoms with Crippen molar-refractivity contribution in [1.82, 2.24) is 4.90 Å². The van der Waals surface area contributed by atoms with E-state index in [1.54, 1.807) is 0 Å². The molecule has 104 valence electrons. The number of hydrogen-bond donors (Lipinski definition) is 0. The van der Waals surface area contributed by atoms with Crippen LogP contribution in [0, 0.1) is 6.92 Å². The van der Waals surface area contributed by atoms with Gasteiger partial charge in [-0.05, 0) is 50.8 Å². The van der Waals surface area contributed by atoms with E-state index in [4.69, 9.17) is 0 Å². The number of benzene rings is 1. The lowest BCUT2D eigenvalue weighted by Gasteiger charge is -2.30. The van der Waals surface area contributed by atoms with E-state index in [0.29, 0.717) is 6.54 Å². The maximum atomic E-state index is 12.3. The van der Waals surface area contributed by atoms with Gasteiger partial charge in [0.25, 0.3) is 0 Å². The van der Waals surface area contributed by atoms with Crippen LogP contribution in [0.3, 0.4) is 0 Å². The van der Waals surface area contributed by atoms with Gasteiger partial charge in [-0.1, -0.05) is 12.1 Å². The van der Waals surface area contributed by atoms with Crippen LogP contribution < -0.4 is 4.90 Å². The number of likely N-dealkylation sites (N-methyl/N-ethyl adjacent to an activating group) is 1. The number of likely N-dealkylation sites (tertiary alicyclic amines) is 1. The minimum absolute atomic E-state index is 0.267. The Balaban J connectivity index is 2.00. The molecule has 1 aromatic carbocycles. The zero-order chi connectivity index (χ0) is 13.7. The van der Waals surface area contributed by atoms with E-state index in [1.807, 2.05) is 4.90 Å². The standard InChI is InChI=1S/C16H24N2O/c1-3-17(15-9-7-8-14(2)12-15)13-16(19)18-10-5-4-6-11-18/h7-9,12H,3-6,10-11,13H2,1-2H3. The molecule has 1 heterocycles. The minimum atomic E-state index is 0.267. The molecule has 0 aromatic heterocycles. The van der Waals surface area contributed by atoms with Gasteiger partial charge >= 0.3 is 0 Å². The Morgan fingerprint density at radius 3 is 2.63 bits per heavy atom. The molecule has 0 aliphatic carbocycles. The van der Waals surface area contributed by atoms with Gasteiger partial charge in [0.2, 0.25) is 5.91 Å². The first kappa shape index (κ1) is 13.9. The van der Waals surface area contributed by atoms with Crippen LogP contribution in [0.5, 0.6) is 0 Å². The van der Waals surface area contributed by atoms with Gasteiger partial charge in [-0.15, -0.1) is 0 Å². The lowest BCUT2D eigenvalue weighted by molar-refractivity contribution is -0.130. The number of anilines is 1. The molecular weight excluding hydrogens is 236 g/mol. The van der Waals surface area contributed by atoms with E-state index in [1.165, 1.54) is 12.0 Å². The van der Waals surface area contributed by atoms with Crippen LogP contribution in [0.4, 0.5) is 5.69 Å². The van der Waals surface area contributed by atoms with Gasteiger partial charge in [-0.25, -0.2) is 0 Å². The van der Waals surface area contributed by atoms with Crippen molar-refractivity contribution in [2.24, 2.45) is 0 Å². The van der Waals surface area contributed by atoms with Gasteiger partial charge in [0.1, 0.15) is 0 Å². The molecule has 0 spiro atoms. The highest BCUT2D eigenvalue weighted by Crippen LogP contribution is 2.16. The van der Waals surface area contributed by atoms with Crippen molar-refractivity contribution < 1.29 is 4.79 Å². The Hall–Kier alpha value is -1.51. The summed E-state index contributed by atoms with van der Waals surface area (Å²) in [4.78, 5) is 16.5. The second-order valence-electron chi connectivity index (χ2n) is 5.29. The Morgan fingerprint density at radius 2 is 2.00 bits per heavy atom. The number of amides is 1. The molecule has 0 saturated carbocycles. The lowest BCUT2D eigenvalue weighted by atomic mass is 10.1. The van der Waals surface area contributed by atoms with Gasteiger partial charge in [0.05, 0.1) is 6.54 Å². The topological polar surface area (TPSA) is 23.6 Å². The fourth-order valence-electron chi connectivity index (χ4n) is 2.62. The molecule has 0 atom stereocenters. The summed E-state index contributed by atoms with van der Waals surface area (Å²) < 4.78 is 0. The normalized spacial score (nSPS) is 15.4. The zero-order valence-electron chi connectivity index (χ0n) is 12.1. The van der Waals surface area contributed by atoms with Gasteiger partial charge in [0, 0.05) is 25.3 Å². The molecule has 0 N–H and O–H groups in total. The van der Waals surface area contributed by atoms with Crippen molar-refractivity contribution >= 4 is 11.6 Å². The molecule has 1 amide bonds. The number of carbonyl (C=O) groups is 1. The fraction of sp³-hybridized carbons (Fsp3) is 0.562. The van der Waals surface area contributed by atoms with Crippen LogP contribution in [0.1, 0.15) is 31.7 Å². The van der Waals surface area contributed by atoms with Crippen molar-refractivity contribution in [2.45, 2.75) is 33.1 Å². The van der Waals surface area contributed by atoms with Gasteiger partial charge in [0.15, 0.2) is 0 Å². The highest BCUT2D eigenvalue weighted by Gasteiger charge is 2.18. The number of aryl methyl sites for hydroxylation is 1. The first-order valence-electron chi connectivity index (χ1n) is 7.30. The van der Waals surface area contributed by atoms with Crippen molar-refractivity contribution in [3.8, 4) is 0 Å². The average Bonchev–Trinajstić information content (AvgIpc) is 2.45. The third kappa shape index (κ3) is 3.72. The van der Waals surface area contributed by atoms with Gasteiger partial charge < -0.3 is 9.80 Å². The molecule has 3 heteroatoms. The molecule has 1 aliphatic heterocycles. The Bertz CT molecular complexity index is 425. The van der Waals surface area contributed by atoms with E-state index in [9.17, 15) is 4.79 Å². The lowest BCUT2D eigenvalue weighted by Crippen LogP contribution is -2.42. The average molecular weight is 260 g/mol. The molecule has 1 saturated heterocycles. The highest BCUT2D eigenvalue weighted by atomic mass is 16.2. The first-order chi connectivity index (χ1) is 9.20. The third-order valence-corrected chi connectivity index (χ3v) is 3.78. The van der Waals surface area contributed by atoms with E-state index in [0.717, 1.165) is 38.2 Å². The summed E-state index contributed by atoms with van der Waals surface area (Å²) in [5.41, 5.74) is 2.38. The van der Waals surface area contributed by atoms with Crippen LogP contribution in [-0.2, 0) is 4.79 Å². The summed E-state index contributed by atoms with van der Waals surface area (Å²) in [5, 5.41) is 0. The molecule has 1 aliphatic rings. The number of piperidine rings is 1. The summed E-state index contributed by atoms with van der Waals surface area (Å²) in [6.45, 7) is 7.42. The van der Waals surface area contributed by atoms with Crippen LogP contribution in [0.25, 0.3) is 0 Å². The quantitative estimate of drug-likeness (QED) is 0.831. The second kappa shape index (κ2) is 6.60. The summed E-state index contributed by atoms with van der Waals surface area (Å²) in [7, 11) is 0. The maximum absolute atomic E-state index is 12.3. The zero-order valence-corrected chi connectivity index (χ0v) is 12.1. The van der Waals surface area contributed by atoms with Crippen LogP contribution in [-0.4, -0.2) is 37.0 Å². The Morgan fingerprint density at radius 1 is 1.26 bits per heavy atom. The molecule has 3 nitrogen and oxygen atoms in total. The highest BCUT2D eigenvalue weighted by molar-refractivity contribution is 5.81. The molecular formula is C16H24N2O. The third-order valence-electron chi connectivity index (χ3n) is 3.78. The van der Waals surface area contributed by atoms with E-state index >= 15 is 0 Å². The fourth-order valence-corrected chi connectivity index (χ4v) is 2.62. The SMILES string of the molecule is CCN(CC(=O)N1CCCCC1)c1cccc(C)c1. The van der Waals surface area contributed by atoms with Crippen molar-refractivity contribution in [3.05, 3.63) is 29.8 Å². The molecule has 2 rings (SSSR count). The van der Waals surface area contributed by atoms with Crippen molar-refractivity contribution in [2.75, 3.05) is 31.1 Å². The molecule has 0 bridgehead atoms. The van der Waals surface area contributed by atoms with E-state index in [2.05, 4.69) is 43.0 Å². The summed E-state index contributed by atoms with van der Waals surface area (Å²) >= 11 is 0. The van der Waals surface area contributed by atoms with Crippen LogP contribution in [0.2, 0.25) is 0 Å². The monoisotopic (exact) mass is 260 g/mol.